The van der Waals surface area contributed by atoms with Crippen LogP contribution >= 0.6 is 11.8 Å². The van der Waals surface area contributed by atoms with Crippen LogP contribution in [0.3, 0.4) is 0 Å². The van der Waals surface area contributed by atoms with E-state index in [4.69, 9.17) is 4.74 Å². The Balaban J connectivity index is 2.07. The third-order valence-electron chi connectivity index (χ3n) is 2.13. The number of hydrogen-bond acceptors (Lipinski definition) is 3. The second kappa shape index (κ2) is 6.33. The summed E-state index contributed by atoms with van der Waals surface area (Å²) < 4.78 is 5.46. The van der Waals surface area contributed by atoms with Gasteiger partial charge in [-0.3, -0.25) is 0 Å². The van der Waals surface area contributed by atoms with Crippen molar-refractivity contribution >= 4 is 11.8 Å². The highest BCUT2D eigenvalue weighted by atomic mass is 32.2. The molecule has 0 aliphatic carbocycles. The Hall–Kier alpha value is -0.150. The molecule has 1 heterocycles. The summed E-state index contributed by atoms with van der Waals surface area (Å²) in [5, 5.41) is 3.47. The summed E-state index contributed by atoms with van der Waals surface area (Å²) in [6.45, 7) is 3.20. The molecule has 1 N–H and O–H groups in total. The first-order valence-electron chi connectivity index (χ1n) is 4.85. The van der Waals surface area contributed by atoms with Gasteiger partial charge in [-0.25, -0.2) is 0 Å². The highest BCUT2D eigenvalue weighted by Gasteiger charge is 2.11. The van der Waals surface area contributed by atoms with Gasteiger partial charge in [-0.1, -0.05) is 0 Å². The largest absolute Gasteiger partial charge is 0.497 e. The molecule has 0 radical (unpaired) electrons. The number of rotatable bonds is 5. The minimum atomic E-state index is 0.384. The molecule has 0 aromatic carbocycles. The van der Waals surface area contributed by atoms with Crippen LogP contribution in [0.25, 0.3) is 0 Å². The third-order valence-corrected chi connectivity index (χ3v) is 2.97. The number of allylic oxidation sites excluding steroid dienone is 1. The first-order valence-corrected chi connectivity index (χ1v) is 6.25. The summed E-state index contributed by atoms with van der Waals surface area (Å²) in [7, 11) is 0. The smallest absolute Gasteiger partial charge is 0.110 e. The van der Waals surface area contributed by atoms with E-state index in [0.717, 1.165) is 19.4 Å². The lowest BCUT2D eigenvalue weighted by atomic mass is 10.1. The lowest BCUT2D eigenvalue weighted by Crippen LogP contribution is -2.36. The molecule has 0 aromatic heterocycles. The fourth-order valence-corrected chi connectivity index (χ4v) is 1.99. The van der Waals surface area contributed by atoms with Gasteiger partial charge in [0, 0.05) is 18.3 Å². The molecule has 0 aromatic rings. The average molecular weight is 201 g/mol. The molecule has 0 amide bonds. The van der Waals surface area contributed by atoms with Crippen LogP contribution in [0.1, 0.15) is 19.8 Å². The normalized spacial score (nSPS) is 24.0. The fraction of sp³-hybridized carbons (Fsp3) is 0.800. The van der Waals surface area contributed by atoms with Crippen LogP contribution < -0.4 is 5.32 Å². The predicted molar refractivity (Wildman–Crippen MR) is 59.1 cm³/mol. The zero-order valence-corrected chi connectivity index (χ0v) is 9.27. The monoisotopic (exact) mass is 201 g/mol. The first-order chi connectivity index (χ1) is 6.33. The van der Waals surface area contributed by atoms with Crippen molar-refractivity contribution in [2.45, 2.75) is 31.9 Å². The van der Waals surface area contributed by atoms with E-state index in [1.54, 1.807) is 0 Å². The van der Waals surface area contributed by atoms with Crippen molar-refractivity contribution in [3.63, 3.8) is 0 Å². The van der Waals surface area contributed by atoms with Gasteiger partial charge in [-0.15, -0.1) is 0 Å². The maximum atomic E-state index is 5.46. The Bertz CT molecular complexity index is 161. The van der Waals surface area contributed by atoms with Crippen molar-refractivity contribution in [2.24, 2.45) is 0 Å². The van der Waals surface area contributed by atoms with Crippen LogP contribution in [-0.2, 0) is 4.74 Å². The summed E-state index contributed by atoms with van der Waals surface area (Å²) in [5.41, 5.74) is 0. The summed E-state index contributed by atoms with van der Waals surface area (Å²) in [5.74, 6) is 1.17. The molecule has 76 valence electrons. The molecular weight excluding hydrogens is 182 g/mol. The molecule has 3 heteroatoms. The van der Waals surface area contributed by atoms with E-state index < -0.39 is 0 Å². The van der Waals surface area contributed by atoms with Gasteiger partial charge in [0.15, 0.2) is 0 Å². The van der Waals surface area contributed by atoms with E-state index in [1.165, 1.54) is 5.75 Å². The first kappa shape index (κ1) is 10.9. The molecule has 0 spiro atoms. The van der Waals surface area contributed by atoms with Gasteiger partial charge in [0.1, 0.15) is 6.10 Å². The highest BCUT2D eigenvalue weighted by Crippen LogP contribution is 2.09. The van der Waals surface area contributed by atoms with Crippen molar-refractivity contribution in [2.75, 3.05) is 18.6 Å². The van der Waals surface area contributed by atoms with Crippen molar-refractivity contribution in [3.8, 4) is 0 Å². The summed E-state index contributed by atoms with van der Waals surface area (Å²) in [6.07, 6.45) is 8.74. The molecule has 0 saturated heterocycles. The molecule has 1 aliphatic heterocycles. The number of ether oxygens (including phenoxy) is 1. The fourth-order valence-electron chi connectivity index (χ4n) is 1.38. The Morgan fingerprint density at radius 2 is 2.54 bits per heavy atom. The lowest BCUT2D eigenvalue weighted by Gasteiger charge is -2.22. The molecule has 2 unspecified atom stereocenters. The van der Waals surface area contributed by atoms with Crippen LogP contribution in [0, 0.1) is 0 Å². The summed E-state index contributed by atoms with van der Waals surface area (Å²) in [6, 6.07) is 0.588. The standard InChI is InChI=1S/C10H19NOS/c1-9(8-13-2)11-7-10-5-3-4-6-12-10/h4,6,9-11H,3,5,7-8H2,1-2H3. The average Bonchev–Trinajstić information content (AvgIpc) is 2.17. The van der Waals surface area contributed by atoms with Crippen LogP contribution in [-0.4, -0.2) is 30.7 Å². The summed E-state index contributed by atoms with van der Waals surface area (Å²) in [4.78, 5) is 0. The van der Waals surface area contributed by atoms with Gasteiger partial charge in [0.2, 0.25) is 0 Å². The SMILES string of the molecule is CSCC(C)NCC1CCC=CO1. The van der Waals surface area contributed by atoms with Crippen molar-refractivity contribution in [1.82, 2.24) is 5.32 Å². The molecule has 0 saturated carbocycles. The molecule has 13 heavy (non-hydrogen) atoms. The van der Waals surface area contributed by atoms with Gasteiger partial charge in [0.05, 0.1) is 6.26 Å². The molecule has 2 nitrogen and oxygen atoms in total. The quantitative estimate of drug-likeness (QED) is 0.735. The molecular formula is C10H19NOS. The van der Waals surface area contributed by atoms with Gasteiger partial charge >= 0.3 is 0 Å². The van der Waals surface area contributed by atoms with E-state index in [1.807, 2.05) is 18.0 Å². The Morgan fingerprint density at radius 1 is 1.69 bits per heavy atom. The molecule has 0 bridgehead atoms. The van der Waals surface area contributed by atoms with Crippen LogP contribution in [0.2, 0.25) is 0 Å². The second-order valence-corrected chi connectivity index (χ2v) is 4.38. The van der Waals surface area contributed by atoms with Crippen molar-refractivity contribution in [1.29, 1.82) is 0 Å². The van der Waals surface area contributed by atoms with E-state index in [2.05, 4.69) is 24.6 Å². The van der Waals surface area contributed by atoms with Crippen molar-refractivity contribution in [3.05, 3.63) is 12.3 Å². The zero-order valence-electron chi connectivity index (χ0n) is 8.45. The number of thioether (sulfide) groups is 1. The van der Waals surface area contributed by atoms with Crippen molar-refractivity contribution < 1.29 is 4.74 Å². The minimum Gasteiger partial charge on any atom is -0.497 e. The van der Waals surface area contributed by atoms with Gasteiger partial charge in [-0.05, 0) is 32.1 Å². The topological polar surface area (TPSA) is 21.3 Å². The predicted octanol–water partition coefficient (Wildman–Crippen LogP) is 2.02. The molecule has 2 atom stereocenters. The minimum absolute atomic E-state index is 0.384. The van der Waals surface area contributed by atoms with E-state index in [9.17, 15) is 0 Å². The van der Waals surface area contributed by atoms with Gasteiger partial charge in [0.25, 0.3) is 0 Å². The molecule has 1 aliphatic rings. The zero-order chi connectivity index (χ0) is 9.52. The maximum absolute atomic E-state index is 5.46. The van der Waals surface area contributed by atoms with Gasteiger partial charge in [-0.2, -0.15) is 11.8 Å². The van der Waals surface area contributed by atoms with Crippen LogP contribution in [0.4, 0.5) is 0 Å². The Kier molecular flexibility index (Phi) is 5.32. The second-order valence-electron chi connectivity index (χ2n) is 3.47. The number of nitrogens with one attached hydrogen (secondary N) is 1. The molecule has 0 fully saturated rings. The van der Waals surface area contributed by atoms with Gasteiger partial charge < -0.3 is 10.1 Å². The van der Waals surface area contributed by atoms with E-state index in [0.29, 0.717) is 12.1 Å². The lowest BCUT2D eigenvalue weighted by molar-refractivity contribution is 0.120. The molecule has 1 rings (SSSR count). The van der Waals surface area contributed by atoms with E-state index in [-0.39, 0.29) is 0 Å². The summed E-state index contributed by atoms with van der Waals surface area (Å²) >= 11 is 1.88. The Morgan fingerprint density at radius 3 is 3.15 bits per heavy atom. The van der Waals surface area contributed by atoms with E-state index >= 15 is 0 Å². The van der Waals surface area contributed by atoms with Crippen LogP contribution in [0.15, 0.2) is 12.3 Å². The third kappa shape index (κ3) is 4.58. The van der Waals surface area contributed by atoms with Crippen LogP contribution in [0.5, 0.6) is 0 Å². The highest BCUT2D eigenvalue weighted by molar-refractivity contribution is 7.98. The Labute approximate surface area is 85.1 Å². The maximum Gasteiger partial charge on any atom is 0.110 e. The number of hydrogen-bond donors (Lipinski definition) is 1.